The first-order chi connectivity index (χ1) is 19.3. The average molecular weight is 549 g/mol. The molecule has 40 heavy (non-hydrogen) atoms. The summed E-state index contributed by atoms with van der Waals surface area (Å²) in [5, 5.41) is 3.02. The van der Waals surface area contributed by atoms with Crippen LogP contribution in [0, 0.1) is 0 Å². The highest BCUT2D eigenvalue weighted by Crippen LogP contribution is 2.25. The average Bonchev–Trinajstić information content (AvgIpc) is 3.34. The molecular formula is C30H36N4O6. The van der Waals surface area contributed by atoms with Crippen molar-refractivity contribution in [2.75, 3.05) is 39.8 Å². The van der Waals surface area contributed by atoms with Gasteiger partial charge in [-0.05, 0) is 54.7 Å². The Labute approximate surface area is 234 Å². The molecule has 3 heterocycles. The molecule has 0 unspecified atom stereocenters. The van der Waals surface area contributed by atoms with E-state index in [1.54, 1.807) is 16.8 Å². The van der Waals surface area contributed by atoms with Crippen molar-refractivity contribution in [1.29, 1.82) is 0 Å². The lowest BCUT2D eigenvalue weighted by molar-refractivity contribution is -0.142. The molecule has 2 atom stereocenters. The largest absolute Gasteiger partial charge is 0.457 e. The third-order valence-electron chi connectivity index (χ3n) is 7.68. The predicted molar refractivity (Wildman–Crippen MR) is 146 cm³/mol. The van der Waals surface area contributed by atoms with Gasteiger partial charge in [-0.3, -0.25) is 19.2 Å². The number of aryl methyl sites for hydroxylation is 1. The summed E-state index contributed by atoms with van der Waals surface area (Å²) in [6, 6.07) is 14.9. The summed E-state index contributed by atoms with van der Waals surface area (Å²) in [4.78, 5) is 55.6. The number of nitrogens with zero attached hydrogens (tertiary/aromatic N) is 3. The smallest absolute Gasteiger partial charge is 0.242 e. The minimum absolute atomic E-state index is 0.00207. The molecule has 4 bridgehead atoms. The van der Waals surface area contributed by atoms with Crippen LogP contribution in [0.5, 0.6) is 11.5 Å². The summed E-state index contributed by atoms with van der Waals surface area (Å²) >= 11 is 0. The van der Waals surface area contributed by atoms with Crippen LogP contribution >= 0.6 is 0 Å². The Morgan fingerprint density at radius 1 is 0.950 bits per heavy atom. The summed E-state index contributed by atoms with van der Waals surface area (Å²) in [7, 11) is 1.62. The Hall–Kier alpha value is -3.92. The first-order valence-corrected chi connectivity index (χ1v) is 13.9. The fourth-order valence-corrected chi connectivity index (χ4v) is 5.43. The maximum atomic E-state index is 13.0. The van der Waals surface area contributed by atoms with Crippen molar-refractivity contribution in [3.8, 4) is 11.5 Å². The highest BCUT2D eigenvalue weighted by Gasteiger charge is 2.35. The molecule has 0 saturated carbocycles. The maximum Gasteiger partial charge on any atom is 0.242 e. The Morgan fingerprint density at radius 3 is 2.45 bits per heavy atom. The quantitative estimate of drug-likeness (QED) is 0.616. The molecule has 0 radical (unpaired) electrons. The van der Waals surface area contributed by atoms with Crippen molar-refractivity contribution in [2.24, 2.45) is 0 Å². The number of carbonyl (C=O) groups excluding carboxylic acids is 4. The van der Waals surface area contributed by atoms with E-state index in [2.05, 4.69) is 5.32 Å². The zero-order valence-corrected chi connectivity index (χ0v) is 22.8. The number of carbonyl (C=O) groups is 4. The highest BCUT2D eigenvalue weighted by atomic mass is 16.5. The molecule has 10 nitrogen and oxygen atoms in total. The van der Waals surface area contributed by atoms with Gasteiger partial charge >= 0.3 is 0 Å². The molecule has 10 heteroatoms. The molecule has 4 amide bonds. The van der Waals surface area contributed by atoms with Crippen LogP contribution in [-0.4, -0.2) is 90.2 Å². The summed E-state index contributed by atoms with van der Waals surface area (Å²) in [6.07, 6.45) is 2.23. The highest BCUT2D eigenvalue weighted by molar-refractivity contribution is 5.86. The first-order valence-electron chi connectivity index (χ1n) is 13.9. The van der Waals surface area contributed by atoms with Gasteiger partial charge in [0.1, 0.15) is 11.5 Å². The van der Waals surface area contributed by atoms with E-state index in [4.69, 9.17) is 9.47 Å². The Balaban J connectivity index is 1.33. The Morgan fingerprint density at radius 2 is 1.70 bits per heavy atom. The third kappa shape index (κ3) is 6.98. The van der Waals surface area contributed by atoms with Gasteiger partial charge in [-0.2, -0.15) is 0 Å². The molecule has 0 aromatic heterocycles. The molecule has 2 saturated heterocycles. The van der Waals surface area contributed by atoms with Crippen molar-refractivity contribution < 1.29 is 28.7 Å². The number of benzene rings is 2. The number of hydrogen-bond donors (Lipinski definition) is 1. The SMILES string of the molecule is CN1CC(=O)N[C@H]2CN(C(=O)CN3CCCC3=O)CC[C@H]2OCc2cccc(c2)Oc2cccc(c2)CCC1=O. The van der Waals surface area contributed by atoms with E-state index in [0.29, 0.717) is 50.5 Å². The molecule has 3 aliphatic rings. The van der Waals surface area contributed by atoms with Crippen LogP contribution < -0.4 is 10.1 Å². The maximum absolute atomic E-state index is 13.0. The molecule has 5 rings (SSSR count). The van der Waals surface area contributed by atoms with Gasteiger partial charge < -0.3 is 29.5 Å². The minimum Gasteiger partial charge on any atom is -0.457 e. The van der Waals surface area contributed by atoms with E-state index in [9.17, 15) is 19.2 Å². The number of piperidine rings is 1. The second-order valence-electron chi connectivity index (χ2n) is 10.7. The van der Waals surface area contributed by atoms with Gasteiger partial charge in [-0.1, -0.05) is 24.3 Å². The van der Waals surface area contributed by atoms with E-state index < -0.39 is 6.04 Å². The van der Waals surface area contributed by atoms with Crippen LogP contribution in [0.3, 0.4) is 0 Å². The molecular weight excluding hydrogens is 512 g/mol. The van der Waals surface area contributed by atoms with Gasteiger partial charge in [-0.15, -0.1) is 0 Å². The fraction of sp³-hybridized carbons (Fsp3) is 0.467. The predicted octanol–water partition coefficient (Wildman–Crippen LogP) is 2.11. The van der Waals surface area contributed by atoms with Crippen LogP contribution in [-0.2, 0) is 36.9 Å². The van der Waals surface area contributed by atoms with E-state index >= 15 is 0 Å². The van der Waals surface area contributed by atoms with E-state index in [1.165, 1.54) is 4.90 Å². The summed E-state index contributed by atoms with van der Waals surface area (Å²) in [5.74, 6) is 0.780. The van der Waals surface area contributed by atoms with Gasteiger partial charge in [0, 0.05) is 39.5 Å². The number of amides is 4. The number of likely N-dealkylation sites (N-methyl/N-ethyl adjacent to an activating group) is 1. The summed E-state index contributed by atoms with van der Waals surface area (Å²) in [6.45, 7) is 1.60. The molecule has 0 spiro atoms. The molecule has 2 fully saturated rings. The molecule has 2 aromatic rings. The lowest BCUT2D eigenvalue weighted by Crippen LogP contribution is -2.59. The number of rotatable bonds is 2. The van der Waals surface area contributed by atoms with Crippen LogP contribution in [0.15, 0.2) is 48.5 Å². The zero-order valence-electron chi connectivity index (χ0n) is 22.8. The lowest BCUT2D eigenvalue weighted by Gasteiger charge is -2.39. The van der Waals surface area contributed by atoms with Crippen molar-refractivity contribution in [1.82, 2.24) is 20.0 Å². The summed E-state index contributed by atoms with van der Waals surface area (Å²) in [5.41, 5.74) is 1.89. The van der Waals surface area contributed by atoms with E-state index in [-0.39, 0.29) is 55.8 Å². The topological polar surface area (TPSA) is 108 Å². The van der Waals surface area contributed by atoms with E-state index in [1.807, 2.05) is 48.5 Å². The third-order valence-corrected chi connectivity index (χ3v) is 7.68. The number of ether oxygens (including phenoxy) is 2. The molecule has 1 N–H and O–H groups in total. The van der Waals surface area contributed by atoms with Crippen LogP contribution in [0.25, 0.3) is 0 Å². The molecule has 212 valence electrons. The lowest BCUT2D eigenvalue weighted by atomic mass is 10.0. The first kappa shape index (κ1) is 27.6. The minimum atomic E-state index is -0.457. The van der Waals surface area contributed by atoms with Gasteiger partial charge in [0.25, 0.3) is 0 Å². The van der Waals surface area contributed by atoms with Gasteiger partial charge in [-0.25, -0.2) is 0 Å². The van der Waals surface area contributed by atoms with Gasteiger partial charge in [0.05, 0.1) is 31.8 Å². The van der Waals surface area contributed by atoms with Crippen molar-refractivity contribution in [3.63, 3.8) is 0 Å². The normalized spacial score (nSPS) is 22.6. The second kappa shape index (κ2) is 12.5. The molecule has 3 aliphatic heterocycles. The fourth-order valence-electron chi connectivity index (χ4n) is 5.43. The Kier molecular flexibility index (Phi) is 8.64. The monoisotopic (exact) mass is 548 g/mol. The van der Waals surface area contributed by atoms with Crippen LogP contribution in [0.2, 0.25) is 0 Å². The number of hydrogen-bond acceptors (Lipinski definition) is 6. The van der Waals surface area contributed by atoms with E-state index in [0.717, 1.165) is 17.5 Å². The molecule has 0 aliphatic carbocycles. The summed E-state index contributed by atoms with van der Waals surface area (Å²) < 4.78 is 12.4. The van der Waals surface area contributed by atoms with Crippen molar-refractivity contribution in [3.05, 3.63) is 59.7 Å². The zero-order chi connectivity index (χ0) is 28.1. The van der Waals surface area contributed by atoms with Gasteiger partial charge in [0.2, 0.25) is 23.6 Å². The van der Waals surface area contributed by atoms with Crippen LogP contribution in [0.1, 0.15) is 36.8 Å². The van der Waals surface area contributed by atoms with Crippen molar-refractivity contribution >= 4 is 23.6 Å². The van der Waals surface area contributed by atoms with Gasteiger partial charge in [0.15, 0.2) is 0 Å². The van der Waals surface area contributed by atoms with Crippen molar-refractivity contribution in [2.45, 2.75) is 50.9 Å². The standard InChI is InChI=1S/C30H36N4O6/c1-32-18-27(35)31-25-17-34(30(38)19-33-13-4-9-29(33)37)14-12-26(25)39-20-22-6-3-8-24(16-22)40-23-7-2-5-21(15-23)10-11-28(32)36/h2-3,5-8,15-16,25-26H,4,9-14,17-20H2,1H3,(H,31,35)/t25-,26+/m0/s1. The van der Waals surface area contributed by atoms with Crippen LogP contribution in [0.4, 0.5) is 0 Å². The molecule has 2 aromatic carbocycles. The number of likely N-dealkylation sites (tertiary alicyclic amines) is 2. The number of fused-ring (bicyclic) bond motifs is 5. The Bertz CT molecular complexity index is 1270. The second-order valence-corrected chi connectivity index (χ2v) is 10.7. The number of nitrogens with one attached hydrogen (secondary N) is 1.